The fourth-order valence-corrected chi connectivity index (χ4v) is 4.15. The number of hydrogen-bond donors (Lipinski definition) is 3. The summed E-state index contributed by atoms with van der Waals surface area (Å²) in [5, 5.41) is 3.32. The maximum atomic E-state index is 12.2. The van der Waals surface area contributed by atoms with Gasteiger partial charge in [-0.25, -0.2) is 13.4 Å². The van der Waals surface area contributed by atoms with E-state index in [1.807, 2.05) is 6.07 Å². The Morgan fingerprint density at radius 2 is 1.77 bits per heavy atom. The molecule has 0 radical (unpaired) electrons. The third-order valence-corrected chi connectivity index (χ3v) is 5.89. The van der Waals surface area contributed by atoms with Crippen molar-refractivity contribution in [3.63, 3.8) is 0 Å². The Balaban J connectivity index is 1.51. The fourth-order valence-electron chi connectivity index (χ4n) is 3.01. The van der Waals surface area contributed by atoms with Gasteiger partial charge in [0.25, 0.3) is 5.56 Å². The van der Waals surface area contributed by atoms with E-state index < -0.39 is 10.0 Å². The Morgan fingerprint density at radius 3 is 2.50 bits per heavy atom. The van der Waals surface area contributed by atoms with E-state index >= 15 is 0 Å². The zero-order valence-electron chi connectivity index (χ0n) is 16.6. The summed E-state index contributed by atoms with van der Waals surface area (Å²) in [7, 11) is -3.34. The van der Waals surface area contributed by atoms with Gasteiger partial charge in [-0.1, -0.05) is 19.1 Å². The molecule has 8 nitrogen and oxygen atoms in total. The molecule has 3 N–H and O–H groups in total. The lowest BCUT2D eigenvalue weighted by molar-refractivity contribution is -0.116. The van der Waals surface area contributed by atoms with Crippen LogP contribution in [-0.4, -0.2) is 30.0 Å². The van der Waals surface area contributed by atoms with E-state index in [0.29, 0.717) is 47.4 Å². The van der Waals surface area contributed by atoms with Crippen molar-refractivity contribution in [2.45, 2.75) is 32.6 Å². The Bertz CT molecular complexity index is 1190. The van der Waals surface area contributed by atoms with Gasteiger partial charge >= 0.3 is 0 Å². The van der Waals surface area contributed by atoms with Crippen molar-refractivity contribution in [2.24, 2.45) is 0 Å². The second-order valence-corrected chi connectivity index (χ2v) is 8.77. The van der Waals surface area contributed by atoms with Gasteiger partial charge in [0.2, 0.25) is 15.9 Å². The van der Waals surface area contributed by atoms with E-state index in [2.05, 4.69) is 20.0 Å². The number of amides is 1. The average Bonchev–Trinajstić information content (AvgIpc) is 2.69. The number of aryl methyl sites for hydroxylation is 1. The van der Waals surface area contributed by atoms with Crippen molar-refractivity contribution in [2.75, 3.05) is 15.8 Å². The van der Waals surface area contributed by atoms with Crippen molar-refractivity contribution >= 4 is 38.2 Å². The van der Waals surface area contributed by atoms with Crippen LogP contribution in [0.25, 0.3) is 10.9 Å². The summed E-state index contributed by atoms with van der Waals surface area (Å²) in [6.07, 6.45) is 1.81. The Labute approximate surface area is 174 Å². The molecule has 0 fully saturated rings. The first-order valence-electron chi connectivity index (χ1n) is 9.74. The summed E-state index contributed by atoms with van der Waals surface area (Å²) in [6.45, 7) is 1.80. The monoisotopic (exact) mass is 428 g/mol. The van der Waals surface area contributed by atoms with E-state index in [9.17, 15) is 18.0 Å². The van der Waals surface area contributed by atoms with Crippen LogP contribution in [0.15, 0.2) is 53.3 Å². The molecule has 0 spiro atoms. The van der Waals surface area contributed by atoms with Crippen LogP contribution in [0.3, 0.4) is 0 Å². The molecule has 0 bridgehead atoms. The number of nitrogens with zero attached hydrogens (tertiary/aromatic N) is 1. The molecule has 0 saturated carbocycles. The number of carbonyl (C=O) groups is 1. The van der Waals surface area contributed by atoms with Crippen molar-refractivity contribution in [1.29, 1.82) is 0 Å². The minimum absolute atomic E-state index is 0.0584. The maximum Gasteiger partial charge on any atom is 0.258 e. The van der Waals surface area contributed by atoms with Crippen LogP contribution in [0.5, 0.6) is 0 Å². The van der Waals surface area contributed by atoms with Crippen LogP contribution in [0.1, 0.15) is 32.0 Å². The fraction of sp³-hybridized carbons (Fsp3) is 0.286. The molecule has 2 aromatic carbocycles. The number of rotatable bonds is 9. The number of carbonyl (C=O) groups excluding carboxylic acids is 1. The zero-order valence-corrected chi connectivity index (χ0v) is 17.5. The van der Waals surface area contributed by atoms with Gasteiger partial charge in [0.1, 0.15) is 5.82 Å². The molecule has 3 aromatic rings. The minimum Gasteiger partial charge on any atom is -0.326 e. The lowest BCUT2D eigenvalue weighted by Gasteiger charge is -2.09. The second kappa shape index (κ2) is 9.53. The zero-order chi connectivity index (χ0) is 21.6. The van der Waals surface area contributed by atoms with Crippen molar-refractivity contribution in [3.05, 3.63) is 64.7 Å². The number of H-pyrrole nitrogens is 1. The first kappa shape index (κ1) is 21.5. The highest BCUT2D eigenvalue weighted by Gasteiger charge is 2.09. The smallest absolute Gasteiger partial charge is 0.258 e. The highest BCUT2D eigenvalue weighted by Crippen LogP contribution is 2.16. The van der Waals surface area contributed by atoms with Gasteiger partial charge in [-0.15, -0.1) is 0 Å². The molecule has 0 saturated heterocycles. The summed E-state index contributed by atoms with van der Waals surface area (Å²) in [5.74, 6) is 0.440. The Morgan fingerprint density at radius 1 is 1.07 bits per heavy atom. The third kappa shape index (κ3) is 5.90. The van der Waals surface area contributed by atoms with Crippen molar-refractivity contribution < 1.29 is 13.2 Å². The highest BCUT2D eigenvalue weighted by atomic mass is 32.2. The van der Waals surface area contributed by atoms with E-state index in [0.717, 1.165) is 0 Å². The second-order valence-electron chi connectivity index (χ2n) is 6.93. The highest BCUT2D eigenvalue weighted by molar-refractivity contribution is 7.92. The van der Waals surface area contributed by atoms with Gasteiger partial charge in [0.15, 0.2) is 0 Å². The van der Waals surface area contributed by atoms with Gasteiger partial charge in [-0.05, 0) is 49.2 Å². The molecule has 1 heterocycles. The van der Waals surface area contributed by atoms with Gasteiger partial charge in [-0.3, -0.25) is 14.3 Å². The van der Waals surface area contributed by atoms with E-state index in [4.69, 9.17) is 0 Å². The molecule has 30 heavy (non-hydrogen) atoms. The number of aromatic amines is 1. The van der Waals surface area contributed by atoms with Crippen LogP contribution < -0.4 is 15.6 Å². The Hall–Kier alpha value is -3.20. The van der Waals surface area contributed by atoms with Crippen LogP contribution in [0, 0.1) is 0 Å². The molecule has 0 aliphatic rings. The van der Waals surface area contributed by atoms with E-state index in [1.165, 1.54) is 0 Å². The van der Waals surface area contributed by atoms with Crippen LogP contribution in [0.4, 0.5) is 11.4 Å². The summed E-state index contributed by atoms with van der Waals surface area (Å²) in [4.78, 5) is 31.4. The SMILES string of the molecule is CCCS(=O)(=O)Nc1ccc(NC(=O)CCCc2nc3ccccc3c(=O)[nH]2)cc1. The van der Waals surface area contributed by atoms with Gasteiger partial charge < -0.3 is 10.3 Å². The molecule has 3 rings (SSSR count). The van der Waals surface area contributed by atoms with Gasteiger partial charge in [0.05, 0.1) is 16.7 Å². The van der Waals surface area contributed by atoms with E-state index in [1.54, 1.807) is 49.4 Å². The molecular formula is C21H24N4O4S. The van der Waals surface area contributed by atoms with E-state index in [-0.39, 0.29) is 23.6 Å². The number of aromatic nitrogens is 2. The maximum absolute atomic E-state index is 12.2. The van der Waals surface area contributed by atoms with Crippen molar-refractivity contribution in [1.82, 2.24) is 9.97 Å². The largest absolute Gasteiger partial charge is 0.326 e. The predicted molar refractivity (Wildman–Crippen MR) is 118 cm³/mol. The standard InChI is InChI=1S/C21H24N4O4S/c1-2-14-30(28,29)25-16-12-10-15(11-13-16)22-20(26)9-5-8-19-23-18-7-4-3-6-17(18)21(27)24-19/h3-4,6-7,10-13,25H,2,5,8-9,14H2,1H3,(H,22,26)(H,23,24,27). The number of fused-ring (bicyclic) bond motifs is 1. The number of benzene rings is 2. The summed E-state index contributed by atoms with van der Waals surface area (Å²) in [5.41, 5.74) is 1.48. The number of nitrogens with one attached hydrogen (secondary N) is 3. The number of hydrogen-bond acceptors (Lipinski definition) is 5. The molecular weight excluding hydrogens is 404 g/mol. The average molecular weight is 429 g/mol. The Kier molecular flexibility index (Phi) is 6.83. The molecule has 9 heteroatoms. The molecule has 1 aromatic heterocycles. The quantitative estimate of drug-likeness (QED) is 0.484. The van der Waals surface area contributed by atoms with Crippen molar-refractivity contribution in [3.8, 4) is 0 Å². The van der Waals surface area contributed by atoms with Gasteiger partial charge in [-0.2, -0.15) is 0 Å². The third-order valence-electron chi connectivity index (χ3n) is 4.39. The molecule has 158 valence electrons. The molecule has 0 aliphatic carbocycles. The summed E-state index contributed by atoms with van der Waals surface area (Å²) in [6, 6.07) is 13.6. The number of anilines is 2. The lowest BCUT2D eigenvalue weighted by atomic mass is 10.2. The molecule has 0 unspecified atom stereocenters. The number of para-hydroxylation sites is 1. The molecule has 0 aliphatic heterocycles. The normalized spacial score (nSPS) is 11.4. The minimum atomic E-state index is -3.34. The summed E-state index contributed by atoms with van der Waals surface area (Å²) < 4.78 is 26.1. The first-order valence-corrected chi connectivity index (χ1v) is 11.4. The van der Waals surface area contributed by atoms with Crippen LogP contribution in [0.2, 0.25) is 0 Å². The van der Waals surface area contributed by atoms with Crippen LogP contribution >= 0.6 is 0 Å². The topological polar surface area (TPSA) is 121 Å². The molecule has 0 atom stereocenters. The first-order chi connectivity index (χ1) is 14.4. The van der Waals surface area contributed by atoms with Gasteiger partial charge in [0, 0.05) is 24.2 Å². The summed E-state index contributed by atoms with van der Waals surface area (Å²) >= 11 is 0. The lowest BCUT2D eigenvalue weighted by Crippen LogP contribution is -2.16. The molecule has 1 amide bonds. The number of sulfonamides is 1. The predicted octanol–water partition coefficient (Wildman–Crippen LogP) is 3.04. The van der Waals surface area contributed by atoms with Crippen LogP contribution in [-0.2, 0) is 21.2 Å².